The molecule has 3 nitrogen and oxygen atoms in total. The van der Waals surface area contributed by atoms with Crippen LogP contribution in [0.2, 0.25) is 0 Å². The van der Waals surface area contributed by atoms with Gasteiger partial charge >= 0.3 is 0 Å². The molecule has 0 unspecified atom stereocenters. The van der Waals surface area contributed by atoms with Gasteiger partial charge in [-0.05, 0) is 51.1 Å². The van der Waals surface area contributed by atoms with Crippen LogP contribution in [0.1, 0.15) is 44.9 Å². The summed E-state index contributed by atoms with van der Waals surface area (Å²) in [5.41, 5.74) is 0. The number of rotatable bonds is 4. The van der Waals surface area contributed by atoms with Gasteiger partial charge in [0.15, 0.2) is 0 Å². The lowest BCUT2D eigenvalue weighted by molar-refractivity contribution is -0.138. The zero-order valence-corrected chi connectivity index (χ0v) is 12.3. The molecule has 0 bridgehead atoms. The zero-order chi connectivity index (χ0) is 14.6. The molecule has 1 N–H and O–H groups in total. The summed E-state index contributed by atoms with van der Waals surface area (Å²) in [6.45, 7) is 2.90. The van der Waals surface area contributed by atoms with E-state index in [1.807, 2.05) is 7.05 Å². The summed E-state index contributed by atoms with van der Waals surface area (Å²) in [5, 5.41) is 3.33. The zero-order valence-electron chi connectivity index (χ0n) is 12.3. The lowest BCUT2D eigenvalue weighted by Gasteiger charge is -2.31. The van der Waals surface area contributed by atoms with Crippen LogP contribution in [0.15, 0.2) is 0 Å². The summed E-state index contributed by atoms with van der Waals surface area (Å²) in [7, 11) is 1.82. The fourth-order valence-electron chi connectivity index (χ4n) is 3.26. The Morgan fingerprint density at radius 1 is 1.20 bits per heavy atom. The van der Waals surface area contributed by atoms with Gasteiger partial charge in [0, 0.05) is 32.4 Å². The number of nitrogens with one attached hydrogen (secondary N) is 1. The van der Waals surface area contributed by atoms with Gasteiger partial charge in [-0.1, -0.05) is 0 Å². The Morgan fingerprint density at radius 2 is 1.80 bits per heavy atom. The van der Waals surface area contributed by atoms with E-state index < -0.39 is 5.92 Å². The topological polar surface area (TPSA) is 32.3 Å². The fourth-order valence-corrected chi connectivity index (χ4v) is 3.26. The van der Waals surface area contributed by atoms with Crippen LogP contribution in [0.5, 0.6) is 0 Å². The average molecular weight is 288 g/mol. The lowest BCUT2D eigenvalue weighted by Crippen LogP contribution is -2.38. The Morgan fingerprint density at radius 3 is 2.40 bits per heavy atom. The maximum absolute atomic E-state index is 13.1. The van der Waals surface area contributed by atoms with Gasteiger partial charge < -0.3 is 10.2 Å². The predicted molar refractivity (Wildman–Crippen MR) is 74.8 cm³/mol. The van der Waals surface area contributed by atoms with Gasteiger partial charge in [-0.3, -0.25) is 4.79 Å². The molecular formula is C15H26F2N2O. The van der Waals surface area contributed by atoms with Crippen LogP contribution < -0.4 is 5.32 Å². The number of carbonyl (C=O) groups is 1. The van der Waals surface area contributed by atoms with Crippen molar-refractivity contribution in [2.45, 2.75) is 50.9 Å². The van der Waals surface area contributed by atoms with E-state index in [0.717, 1.165) is 26.1 Å². The van der Waals surface area contributed by atoms with E-state index in [9.17, 15) is 13.6 Å². The van der Waals surface area contributed by atoms with Crippen molar-refractivity contribution in [3.05, 3.63) is 0 Å². The predicted octanol–water partition coefficient (Wildman–Crippen LogP) is 2.66. The van der Waals surface area contributed by atoms with E-state index in [2.05, 4.69) is 5.32 Å². The summed E-state index contributed by atoms with van der Waals surface area (Å²) in [5.74, 6) is -1.98. The molecule has 0 aromatic rings. The molecule has 1 heterocycles. The van der Waals surface area contributed by atoms with Crippen LogP contribution in [0.3, 0.4) is 0 Å². The fraction of sp³-hybridized carbons (Fsp3) is 0.933. The minimum Gasteiger partial charge on any atom is -0.346 e. The van der Waals surface area contributed by atoms with Gasteiger partial charge in [-0.15, -0.1) is 0 Å². The van der Waals surface area contributed by atoms with Crippen LogP contribution in [0, 0.1) is 11.8 Å². The second-order valence-corrected chi connectivity index (χ2v) is 6.37. The lowest BCUT2D eigenvalue weighted by atomic mass is 9.86. The number of nitrogens with zero attached hydrogens (tertiary/aromatic N) is 1. The molecule has 1 saturated heterocycles. The first-order chi connectivity index (χ1) is 9.48. The van der Waals surface area contributed by atoms with E-state index in [1.165, 1.54) is 12.8 Å². The second kappa shape index (κ2) is 6.83. The standard InChI is InChI=1S/C15H26F2N2O/c1-19(11-6-12-4-9-18-10-5-12)14(20)13-2-7-15(16,17)8-3-13/h12-13,18H,2-11H2,1H3. The molecule has 0 aromatic carbocycles. The van der Waals surface area contributed by atoms with Crippen molar-refractivity contribution in [1.82, 2.24) is 10.2 Å². The van der Waals surface area contributed by atoms with E-state index >= 15 is 0 Å². The molecule has 0 aromatic heterocycles. The SMILES string of the molecule is CN(CCC1CCNCC1)C(=O)C1CCC(F)(F)CC1. The molecule has 0 spiro atoms. The molecule has 116 valence electrons. The molecule has 2 fully saturated rings. The summed E-state index contributed by atoms with van der Waals surface area (Å²) in [6, 6.07) is 0. The van der Waals surface area contributed by atoms with Crippen molar-refractivity contribution < 1.29 is 13.6 Å². The number of alkyl halides is 2. The first-order valence-electron chi connectivity index (χ1n) is 7.81. The Labute approximate surface area is 120 Å². The van der Waals surface area contributed by atoms with Crippen LogP contribution in [0.25, 0.3) is 0 Å². The number of halogens is 2. The maximum atomic E-state index is 13.1. The number of amides is 1. The maximum Gasteiger partial charge on any atom is 0.248 e. The molecule has 5 heteroatoms. The Bertz CT molecular complexity index is 320. The third kappa shape index (κ3) is 4.40. The minimum atomic E-state index is -2.55. The van der Waals surface area contributed by atoms with Gasteiger partial charge in [-0.2, -0.15) is 0 Å². The highest BCUT2D eigenvalue weighted by Crippen LogP contribution is 2.36. The Hall–Kier alpha value is -0.710. The molecular weight excluding hydrogens is 262 g/mol. The number of hydrogen-bond donors (Lipinski definition) is 1. The third-order valence-corrected chi connectivity index (χ3v) is 4.77. The van der Waals surface area contributed by atoms with Crippen LogP contribution >= 0.6 is 0 Å². The van der Waals surface area contributed by atoms with E-state index in [-0.39, 0.29) is 24.7 Å². The Balaban J connectivity index is 1.71. The van der Waals surface area contributed by atoms with Crippen molar-refractivity contribution in [1.29, 1.82) is 0 Å². The minimum absolute atomic E-state index is 0.0643. The summed E-state index contributed by atoms with van der Waals surface area (Å²) >= 11 is 0. The van der Waals surface area contributed by atoms with E-state index in [0.29, 0.717) is 18.8 Å². The number of carbonyl (C=O) groups excluding carboxylic acids is 1. The van der Waals surface area contributed by atoms with Crippen molar-refractivity contribution in [2.75, 3.05) is 26.7 Å². The molecule has 2 rings (SSSR count). The largest absolute Gasteiger partial charge is 0.346 e. The summed E-state index contributed by atoms with van der Waals surface area (Å²) in [6.07, 6.45) is 3.80. The molecule has 0 radical (unpaired) electrons. The van der Waals surface area contributed by atoms with Crippen molar-refractivity contribution >= 4 is 5.91 Å². The second-order valence-electron chi connectivity index (χ2n) is 6.37. The quantitative estimate of drug-likeness (QED) is 0.862. The molecule has 0 atom stereocenters. The summed E-state index contributed by atoms with van der Waals surface area (Å²) in [4.78, 5) is 14.0. The third-order valence-electron chi connectivity index (χ3n) is 4.77. The smallest absolute Gasteiger partial charge is 0.248 e. The first-order valence-corrected chi connectivity index (χ1v) is 7.81. The highest BCUT2D eigenvalue weighted by atomic mass is 19.3. The van der Waals surface area contributed by atoms with Gasteiger partial charge in [0.05, 0.1) is 0 Å². The molecule has 20 heavy (non-hydrogen) atoms. The van der Waals surface area contributed by atoms with Crippen molar-refractivity contribution in [3.8, 4) is 0 Å². The van der Waals surface area contributed by atoms with Crippen LogP contribution in [-0.4, -0.2) is 43.4 Å². The van der Waals surface area contributed by atoms with Crippen molar-refractivity contribution in [2.24, 2.45) is 11.8 Å². The van der Waals surface area contributed by atoms with Gasteiger partial charge in [-0.25, -0.2) is 8.78 Å². The van der Waals surface area contributed by atoms with Crippen LogP contribution in [-0.2, 0) is 4.79 Å². The number of piperidine rings is 1. The highest BCUT2D eigenvalue weighted by molar-refractivity contribution is 5.78. The highest BCUT2D eigenvalue weighted by Gasteiger charge is 2.38. The average Bonchev–Trinajstić information content (AvgIpc) is 2.45. The molecule has 1 amide bonds. The van der Waals surface area contributed by atoms with Crippen molar-refractivity contribution in [3.63, 3.8) is 0 Å². The molecule has 2 aliphatic rings. The van der Waals surface area contributed by atoms with E-state index in [4.69, 9.17) is 0 Å². The van der Waals surface area contributed by atoms with Gasteiger partial charge in [0.1, 0.15) is 0 Å². The van der Waals surface area contributed by atoms with E-state index in [1.54, 1.807) is 4.90 Å². The number of hydrogen-bond acceptors (Lipinski definition) is 2. The Kier molecular flexibility index (Phi) is 5.35. The molecule has 1 aliphatic heterocycles. The monoisotopic (exact) mass is 288 g/mol. The van der Waals surface area contributed by atoms with Gasteiger partial charge in [0.25, 0.3) is 0 Å². The van der Waals surface area contributed by atoms with Gasteiger partial charge in [0.2, 0.25) is 11.8 Å². The van der Waals surface area contributed by atoms with Crippen LogP contribution in [0.4, 0.5) is 8.78 Å². The molecule has 1 aliphatic carbocycles. The molecule has 1 saturated carbocycles. The first kappa shape index (κ1) is 15.7. The normalized spacial score (nSPS) is 24.6. The summed E-state index contributed by atoms with van der Waals surface area (Å²) < 4.78 is 26.2.